The number of piperidine rings is 1. The van der Waals surface area contributed by atoms with Gasteiger partial charge in [0.15, 0.2) is 0 Å². The van der Waals surface area contributed by atoms with Crippen LogP contribution in [0.25, 0.3) is 0 Å². The summed E-state index contributed by atoms with van der Waals surface area (Å²) in [5, 5.41) is 12.5. The van der Waals surface area contributed by atoms with Crippen molar-refractivity contribution in [2.24, 2.45) is 5.41 Å². The molecule has 1 aromatic rings. The van der Waals surface area contributed by atoms with Crippen molar-refractivity contribution >= 4 is 17.7 Å². The molecule has 8 nitrogen and oxygen atoms in total. The van der Waals surface area contributed by atoms with E-state index in [1.165, 1.54) is 6.42 Å². The van der Waals surface area contributed by atoms with Crippen LogP contribution in [0.15, 0.2) is 18.2 Å². The van der Waals surface area contributed by atoms with Crippen molar-refractivity contribution in [3.05, 3.63) is 29.3 Å². The lowest BCUT2D eigenvalue weighted by Gasteiger charge is -2.64. The molecule has 1 spiro atoms. The molecule has 3 heterocycles. The zero-order chi connectivity index (χ0) is 23.7. The van der Waals surface area contributed by atoms with Crippen molar-refractivity contribution in [2.75, 3.05) is 13.1 Å². The second-order valence-corrected chi connectivity index (χ2v) is 11.5. The van der Waals surface area contributed by atoms with Gasteiger partial charge in [0.2, 0.25) is 11.8 Å². The van der Waals surface area contributed by atoms with E-state index >= 15 is 0 Å². The fourth-order valence-electron chi connectivity index (χ4n) is 7.27. The minimum absolute atomic E-state index is 0.119. The summed E-state index contributed by atoms with van der Waals surface area (Å²) in [5.41, 5.74) is 1.30. The Hall–Kier alpha value is -2.45. The zero-order valence-corrected chi connectivity index (χ0v) is 19.7. The first kappa shape index (κ1) is 22.0. The van der Waals surface area contributed by atoms with Gasteiger partial charge in [0.1, 0.15) is 17.9 Å². The first-order chi connectivity index (χ1) is 16.2. The van der Waals surface area contributed by atoms with Gasteiger partial charge in [-0.1, -0.05) is 6.42 Å². The molecule has 8 heteroatoms. The Labute approximate surface area is 199 Å². The maximum atomic E-state index is 12.9. The van der Waals surface area contributed by atoms with Crippen LogP contribution < -0.4 is 10.1 Å². The molecule has 34 heavy (non-hydrogen) atoms. The van der Waals surface area contributed by atoms with E-state index in [9.17, 15) is 19.5 Å². The number of amides is 3. The van der Waals surface area contributed by atoms with E-state index in [-0.39, 0.29) is 30.2 Å². The highest BCUT2D eigenvalue weighted by Gasteiger charge is 2.58. The van der Waals surface area contributed by atoms with E-state index in [4.69, 9.17) is 4.74 Å². The fraction of sp³-hybridized carbons (Fsp3) is 0.654. The van der Waals surface area contributed by atoms with E-state index in [0.717, 1.165) is 56.5 Å². The lowest BCUT2D eigenvalue weighted by atomic mass is 9.55. The third kappa shape index (κ3) is 3.71. The number of carbonyl (C=O) groups is 3. The lowest BCUT2D eigenvalue weighted by molar-refractivity contribution is -0.198. The molecule has 2 aliphatic carbocycles. The van der Waals surface area contributed by atoms with Gasteiger partial charge in [-0.15, -0.1) is 0 Å². The van der Waals surface area contributed by atoms with Crippen molar-refractivity contribution < 1.29 is 24.2 Å². The summed E-state index contributed by atoms with van der Waals surface area (Å²) in [7, 11) is 0. The number of aliphatic hydroxyl groups is 1. The second-order valence-electron chi connectivity index (χ2n) is 11.5. The summed E-state index contributed by atoms with van der Waals surface area (Å²) in [4.78, 5) is 40.8. The monoisotopic (exact) mass is 467 g/mol. The van der Waals surface area contributed by atoms with E-state index < -0.39 is 11.6 Å². The smallest absolute Gasteiger partial charge is 0.255 e. The number of fused-ring (bicyclic) bond motifs is 1. The standard InChI is InChI=1S/C26H33N3O5/c1-25(33)12-26(13-25)14-28(15-26)19-4-2-3-5-21(19)34-17-6-7-18-16(10-17)11-29(24(18)32)20-8-9-22(30)27-23(20)31/h6-7,10,19-21,33H,2-5,8-9,11-15H2,1H3,(H,27,30,31). The molecule has 3 aliphatic heterocycles. The molecule has 0 bridgehead atoms. The number of hydrogen-bond acceptors (Lipinski definition) is 6. The van der Waals surface area contributed by atoms with Crippen LogP contribution in [0.4, 0.5) is 0 Å². The molecule has 0 aromatic heterocycles. The Bertz CT molecular complexity index is 1040. The minimum Gasteiger partial charge on any atom is -0.489 e. The van der Waals surface area contributed by atoms with E-state index in [0.29, 0.717) is 30.0 Å². The van der Waals surface area contributed by atoms with E-state index in [1.54, 1.807) is 4.90 Å². The number of carbonyl (C=O) groups excluding carboxylic acids is 3. The first-order valence-electron chi connectivity index (χ1n) is 12.6. The number of benzene rings is 1. The molecule has 3 amide bonds. The summed E-state index contributed by atoms with van der Waals surface area (Å²) in [6.07, 6.45) is 7.05. The predicted molar refractivity (Wildman–Crippen MR) is 123 cm³/mol. The molecular weight excluding hydrogens is 434 g/mol. The van der Waals surface area contributed by atoms with E-state index in [2.05, 4.69) is 10.2 Å². The van der Waals surface area contributed by atoms with Crippen LogP contribution in [-0.4, -0.2) is 69.5 Å². The Kier molecular flexibility index (Phi) is 5.04. The van der Waals surface area contributed by atoms with Gasteiger partial charge in [-0.25, -0.2) is 0 Å². The first-order valence-corrected chi connectivity index (χ1v) is 12.6. The van der Waals surface area contributed by atoms with Gasteiger partial charge in [-0.3, -0.25) is 24.6 Å². The molecular formula is C26H33N3O5. The van der Waals surface area contributed by atoms with Gasteiger partial charge in [0.05, 0.1) is 5.60 Å². The fourth-order valence-corrected chi connectivity index (χ4v) is 7.27. The molecule has 3 atom stereocenters. The van der Waals surface area contributed by atoms with E-state index in [1.807, 2.05) is 25.1 Å². The highest BCUT2D eigenvalue weighted by Crippen LogP contribution is 2.55. The Balaban J connectivity index is 1.12. The maximum Gasteiger partial charge on any atom is 0.255 e. The maximum absolute atomic E-state index is 12.9. The molecule has 5 aliphatic rings. The van der Waals surface area contributed by atoms with Gasteiger partial charge < -0.3 is 14.7 Å². The van der Waals surface area contributed by atoms with Crippen molar-refractivity contribution in [3.8, 4) is 5.75 Å². The van der Waals surface area contributed by atoms with Gasteiger partial charge in [-0.2, -0.15) is 0 Å². The van der Waals surface area contributed by atoms with Crippen molar-refractivity contribution in [3.63, 3.8) is 0 Å². The van der Waals surface area contributed by atoms with Gasteiger partial charge in [0, 0.05) is 43.1 Å². The quantitative estimate of drug-likeness (QED) is 0.657. The Morgan fingerprint density at radius 1 is 1.09 bits per heavy atom. The number of hydrogen-bond donors (Lipinski definition) is 2. The normalized spacial score (nSPS) is 32.1. The average molecular weight is 468 g/mol. The Morgan fingerprint density at radius 3 is 2.59 bits per heavy atom. The summed E-state index contributed by atoms with van der Waals surface area (Å²) in [6.45, 7) is 4.40. The summed E-state index contributed by atoms with van der Waals surface area (Å²) in [6, 6.07) is 5.42. The van der Waals surface area contributed by atoms with Crippen LogP contribution in [0.3, 0.4) is 0 Å². The summed E-state index contributed by atoms with van der Waals surface area (Å²) >= 11 is 0. The highest BCUT2D eigenvalue weighted by atomic mass is 16.5. The number of nitrogens with one attached hydrogen (secondary N) is 1. The summed E-state index contributed by atoms with van der Waals surface area (Å²) in [5.74, 6) is -0.0533. The lowest BCUT2D eigenvalue weighted by Crippen LogP contribution is -2.70. The molecule has 2 saturated heterocycles. The number of imide groups is 1. The van der Waals surface area contributed by atoms with Crippen LogP contribution in [0.5, 0.6) is 5.75 Å². The van der Waals surface area contributed by atoms with Crippen LogP contribution in [-0.2, 0) is 16.1 Å². The molecule has 6 rings (SSSR count). The van der Waals surface area contributed by atoms with Crippen molar-refractivity contribution in [1.82, 2.24) is 15.1 Å². The summed E-state index contributed by atoms with van der Waals surface area (Å²) < 4.78 is 6.52. The molecule has 3 unspecified atom stereocenters. The predicted octanol–water partition coefficient (Wildman–Crippen LogP) is 1.98. The third-order valence-corrected chi connectivity index (χ3v) is 8.51. The van der Waals surface area contributed by atoms with Crippen LogP contribution >= 0.6 is 0 Å². The number of nitrogens with zero attached hydrogens (tertiary/aromatic N) is 2. The zero-order valence-electron chi connectivity index (χ0n) is 19.7. The number of ether oxygens (including phenoxy) is 1. The highest BCUT2D eigenvalue weighted by molar-refractivity contribution is 6.05. The molecule has 2 saturated carbocycles. The number of rotatable bonds is 4. The molecule has 1 aromatic carbocycles. The average Bonchev–Trinajstić information content (AvgIpc) is 3.06. The topological polar surface area (TPSA) is 99.2 Å². The molecule has 4 fully saturated rings. The molecule has 2 N–H and O–H groups in total. The molecule has 0 radical (unpaired) electrons. The minimum atomic E-state index is -0.601. The second kappa shape index (κ2) is 7.78. The third-order valence-electron chi connectivity index (χ3n) is 8.51. The van der Waals surface area contributed by atoms with Gasteiger partial charge in [-0.05, 0) is 69.2 Å². The molecule has 182 valence electrons. The van der Waals surface area contributed by atoms with Crippen molar-refractivity contribution in [1.29, 1.82) is 0 Å². The van der Waals surface area contributed by atoms with Gasteiger partial charge >= 0.3 is 0 Å². The van der Waals surface area contributed by atoms with Gasteiger partial charge in [0.25, 0.3) is 5.91 Å². The SMILES string of the molecule is CC1(O)CC2(CN(C3CCCCC3Oc3ccc4c(c3)CN(C3CCC(=O)NC3=O)C4=O)C2)C1. The van der Waals surface area contributed by atoms with Crippen LogP contribution in [0.1, 0.15) is 74.2 Å². The van der Waals surface area contributed by atoms with Crippen LogP contribution in [0, 0.1) is 5.41 Å². The van der Waals surface area contributed by atoms with Crippen LogP contribution in [0.2, 0.25) is 0 Å². The largest absolute Gasteiger partial charge is 0.489 e. The van der Waals surface area contributed by atoms with Crippen molar-refractivity contribution in [2.45, 2.75) is 88.6 Å². The number of likely N-dealkylation sites (tertiary alicyclic amines) is 1. The Morgan fingerprint density at radius 2 is 1.85 bits per heavy atom.